The maximum absolute atomic E-state index is 12.5. The van der Waals surface area contributed by atoms with Gasteiger partial charge in [0.15, 0.2) is 0 Å². The maximum Gasteiger partial charge on any atom is 0.241 e. The van der Waals surface area contributed by atoms with Crippen LogP contribution in [0.25, 0.3) is 0 Å². The number of anilines is 1. The van der Waals surface area contributed by atoms with Crippen molar-refractivity contribution in [1.82, 2.24) is 15.0 Å². The molecule has 7 heteroatoms. The van der Waals surface area contributed by atoms with E-state index in [0.717, 1.165) is 54.3 Å². The lowest BCUT2D eigenvalue weighted by Gasteiger charge is -2.37. The number of aromatic nitrogens is 1. The minimum atomic E-state index is -0.153. The van der Waals surface area contributed by atoms with E-state index in [1.165, 1.54) is 0 Å². The lowest BCUT2D eigenvalue weighted by Crippen LogP contribution is -2.52. The Hall–Kier alpha value is -1.70. The number of hydrogen-bond donors (Lipinski definition) is 1. The molecule has 1 N–H and O–H groups in total. The molecule has 1 fully saturated rings. The molecule has 1 unspecified atom stereocenters. The van der Waals surface area contributed by atoms with Crippen LogP contribution in [0, 0.1) is 6.92 Å². The molecule has 1 aliphatic rings. The zero-order chi connectivity index (χ0) is 17.8. The summed E-state index contributed by atoms with van der Waals surface area (Å²) in [5.41, 5.74) is 1.78. The van der Waals surface area contributed by atoms with E-state index in [9.17, 15) is 4.79 Å². The number of hydrogen-bond acceptors (Lipinski definition) is 5. The van der Waals surface area contributed by atoms with Crippen molar-refractivity contribution in [3.63, 3.8) is 0 Å². The van der Waals surface area contributed by atoms with E-state index in [1.54, 1.807) is 0 Å². The molecule has 1 aromatic carbocycles. The molecule has 3 rings (SSSR count). The largest absolute Gasteiger partial charge is 0.361 e. The number of carbonyl (C=O) groups excluding carboxylic acids is 1. The minimum Gasteiger partial charge on any atom is -0.361 e. The van der Waals surface area contributed by atoms with Gasteiger partial charge >= 0.3 is 0 Å². The van der Waals surface area contributed by atoms with Crippen LogP contribution >= 0.6 is 15.9 Å². The Balaban J connectivity index is 1.48. The third-order valence-corrected chi connectivity index (χ3v) is 5.04. The van der Waals surface area contributed by atoms with Crippen LogP contribution in [-0.4, -0.2) is 53.1 Å². The van der Waals surface area contributed by atoms with E-state index >= 15 is 0 Å². The highest BCUT2D eigenvalue weighted by molar-refractivity contribution is 9.10. The van der Waals surface area contributed by atoms with Gasteiger partial charge in [0.25, 0.3) is 0 Å². The second-order valence-corrected chi connectivity index (χ2v) is 7.33. The summed E-state index contributed by atoms with van der Waals surface area (Å²) in [6.07, 6.45) is 0. The molecule has 0 spiro atoms. The number of carbonyl (C=O) groups is 1. The standard InChI is InChI=1S/C18H23BrN4O2/c1-13-11-17(21-25-13)12-22-7-9-23(10-8-22)14(2)18(24)20-16-5-3-15(19)4-6-16/h3-6,11,14H,7-10,12H2,1-2H3,(H,20,24). The number of nitrogens with one attached hydrogen (secondary N) is 1. The van der Waals surface area contributed by atoms with Crippen LogP contribution in [0.5, 0.6) is 0 Å². The van der Waals surface area contributed by atoms with Crippen molar-refractivity contribution in [1.29, 1.82) is 0 Å². The first kappa shape index (κ1) is 18.1. The number of amides is 1. The summed E-state index contributed by atoms with van der Waals surface area (Å²) in [5, 5.41) is 7.03. The zero-order valence-corrected chi connectivity index (χ0v) is 16.1. The minimum absolute atomic E-state index is 0.0305. The first-order valence-electron chi connectivity index (χ1n) is 8.46. The molecule has 2 aromatic rings. The highest BCUT2D eigenvalue weighted by Gasteiger charge is 2.26. The van der Waals surface area contributed by atoms with Crippen molar-refractivity contribution in [3.8, 4) is 0 Å². The molecular formula is C18H23BrN4O2. The van der Waals surface area contributed by atoms with Gasteiger partial charge in [0.1, 0.15) is 5.76 Å². The summed E-state index contributed by atoms with van der Waals surface area (Å²) in [4.78, 5) is 17.0. The second kappa shape index (κ2) is 8.12. The third-order valence-electron chi connectivity index (χ3n) is 4.51. The van der Waals surface area contributed by atoms with Crippen LogP contribution in [0.3, 0.4) is 0 Å². The fourth-order valence-electron chi connectivity index (χ4n) is 2.98. The predicted octanol–water partition coefficient (Wildman–Crippen LogP) is 2.89. The molecule has 25 heavy (non-hydrogen) atoms. The van der Waals surface area contributed by atoms with E-state index < -0.39 is 0 Å². The molecule has 0 bridgehead atoms. The maximum atomic E-state index is 12.5. The summed E-state index contributed by atoms with van der Waals surface area (Å²) >= 11 is 3.40. The molecule has 1 aliphatic heterocycles. The second-order valence-electron chi connectivity index (χ2n) is 6.41. The third kappa shape index (κ3) is 4.90. The van der Waals surface area contributed by atoms with Gasteiger partial charge in [-0.3, -0.25) is 14.6 Å². The molecule has 1 atom stereocenters. The van der Waals surface area contributed by atoms with Crippen LogP contribution in [0.15, 0.2) is 39.3 Å². The van der Waals surface area contributed by atoms with Gasteiger partial charge in [-0.1, -0.05) is 21.1 Å². The summed E-state index contributed by atoms with van der Waals surface area (Å²) in [5.74, 6) is 0.870. The highest BCUT2D eigenvalue weighted by Crippen LogP contribution is 2.16. The quantitative estimate of drug-likeness (QED) is 0.826. The summed E-state index contributed by atoms with van der Waals surface area (Å²) in [6, 6.07) is 9.45. The molecular weight excluding hydrogens is 384 g/mol. The highest BCUT2D eigenvalue weighted by atomic mass is 79.9. The average Bonchev–Trinajstić information content (AvgIpc) is 3.02. The van der Waals surface area contributed by atoms with Gasteiger partial charge in [-0.05, 0) is 38.1 Å². The summed E-state index contributed by atoms with van der Waals surface area (Å²) in [6.45, 7) is 8.23. The van der Waals surface area contributed by atoms with Gasteiger partial charge < -0.3 is 9.84 Å². The van der Waals surface area contributed by atoms with E-state index in [4.69, 9.17) is 4.52 Å². The Kier molecular flexibility index (Phi) is 5.88. The van der Waals surface area contributed by atoms with Gasteiger partial charge in [0.05, 0.1) is 11.7 Å². The topological polar surface area (TPSA) is 61.6 Å². The van der Waals surface area contributed by atoms with Crippen LogP contribution in [0.1, 0.15) is 18.4 Å². The van der Waals surface area contributed by atoms with Gasteiger partial charge in [-0.25, -0.2) is 0 Å². The average molecular weight is 407 g/mol. The number of benzene rings is 1. The predicted molar refractivity (Wildman–Crippen MR) is 100 cm³/mol. The molecule has 6 nitrogen and oxygen atoms in total. The van der Waals surface area contributed by atoms with E-state index in [0.29, 0.717) is 0 Å². The van der Waals surface area contributed by atoms with Crippen LogP contribution in [0.4, 0.5) is 5.69 Å². The van der Waals surface area contributed by atoms with Crippen molar-refractivity contribution >= 4 is 27.5 Å². The Morgan fingerprint density at radius 2 is 1.96 bits per heavy atom. The lowest BCUT2D eigenvalue weighted by atomic mass is 10.2. The summed E-state index contributed by atoms with van der Waals surface area (Å²) in [7, 11) is 0. The van der Waals surface area contributed by atoms with Crippen LogP contribution < -0.4 is 5.32 Å². The molecule has 0 saturated carbocycles. The first-order chi connectivity index (χ1) is 12.0. The molecule has 1 aromatic heterocycles. The van der Waals surface area contributed by atoms with Gasteiger partial charge in [-0.15, -0.1) is 0 Å². The number of piperazine rings is 1. The Bertz CT molecular complexity index is 708. The monoisotopic (exact) mass is 406 g/mol. The fourth-order valence-corrected chi connectivity index (χ4v) is 3.24. The van der Waals surface area contributed by atoms with Crippen molar-refractivity contribution in [2.24, 2.45) is 0 Å². The molecule has 1 saturated heterocycles. The SMILES string of the molecule is Cc1cc(CN2CCN(C(C)C(=O)Nc3ccc(Br)cc3)CC2)no1. The number of aryl methyl sites for hydroxylation is 1. The normalized spacial score (nSPS) is 17.4. The number of halogens is 1. The van der Waals surface area contributed by atoms with Crippen molar-refractivity contribution in [3.05, 3.63) is 46.3 Å². The summed E-state index contributed by atoms with van der Waals surface area (Å²) < 4.78 is 6.12. The Labute approximate surface area is 156 Å². The van der Waals surface area contributed by atoms with Gasteiger partial charge in [0.2, 0.25) is 5.91 Å². The van der Waals surface area contributed by atoms with Crippen molar-refractivity contribution in [2.45, 2.75) is 26.4 Å². The van der Waals surface area contributed by atoms with E-state index in [-0.39, 0.29) is 11.9 Å². The first-order valence-corrected chi connectivity index (χ1v) is 9.25. The van der Waals surface area contributed by atoms with Gasteiger partial charge in [-0.2, -0.15) is 0 Å². The molecule has 0 radical (unpaired) electrons. The van der Waals surface area contributed by atoms with Crippen LogP contribution in [-0.2, 0) is 11.3 Å². The smallest absolute Gasteiger partial charge is 0.241 e. The molecule has 1 amide bonds. The van der Waals surface area contributed by atoms with Crippen LogP contribution in [0.2, 0.25) is 0 Å². The number of rotatable bonds is 5. The zero-order valence-electron chi connectivity index (χ0n) is 14.5. The molecule has 2 heterocycles. The number of nitrogens with zero attached hydrogens (tertiary/aromatic N) is 3. The van der Waals surface area contributed by atoms with Gasteiger partial charge in [0, 0.05) is 49.0 Å². The van der Waals surface area contributed by atoms with E-state index in [2.05, 4.69) is 36.2 Å². The van der Waals surface area contributed by atoms with E-state index in [1.807, 2.05) is 44.2 Å². The fraction of sp³-hybridized carbons (Fsp3) is 0.444. The Morgan fingerprint density at radius 3 is 2.56 bits per heavy atom. The molecule has 0 aliphatic carbocycles. The van der Waals surface area contributed by atoms with Crippen molar-refractivity contribution < 1.29 is 9.32 Å². The lowest BCUT2D eigenvalue weighted by molar-refractivity contribution is -0.121. The molecule has 134 valence electrons. The van der Waals surface area contributed by atoms with Crippen molar-refractivity contribution in [2.75, 3.05) is 31.5 Å². The Morgan fingerprint density at radius 1 is 1.28 bits per heavy atom.